The van der Waals surface area contributed by atoms with E-state index in [4.69, 9.17) is 0 Å². The standard InChI is InChI=1S/C21H25F3N4O2S2/c1-27(2)18-10-25-19(31-18)14-4-3-13-8-16-5-6-17(9-15(13)7-14)20(16)11-28(12-21(22,23)24)32(29,30)26-20/h3-4,7,10,16-17,26H,5-6,8-9,11-12H2,1-2H3/t16-,17+,20+/m0/s1. The average Bonchev–Trinajstić information content (AvgIpc) is 3.31. The monoisotopic (exact) mass is 486 g/mol. The first-order valence-electron chi connectivity index (χ1n) is 10.6. The Morgan fingerprint density at radius 3 is 2.53 bits per heavy atom. The van der Waals surface area contributed by atoms with Gasteiger partial charge in [-0.25, -0.2) is 4.98 Å². The first kappa shape index (κ1) is 22.1. The van der Waals surface area contributed by atoms with Crippen molar-refractivity contribution >= 4 is 26.5 Å². The third kappa shape index (κ3) is 3.72. The van der Waals surface area contributed by atoms with E-state index in [0.29, 0.717) is 17.1 Å². The highest BCUT2D eigenvalue weighted by molar-refractivity contribution is 7.87. The van der Waals surface area contributed by atoms with E-state index in [2.05, 4.69) is 21.8 Å². The van der Waals surface area contributed by atoms with Crippen LogP contribution in [0.1, 0.15) is 24.0 Å². The van der Waals surface area contributed by atoms with Gasteiger partial charge in [0.2, 0.25) is 0 Å². The van der Waals surface area contributed by atoms with Gasteiger partial charge in [0.15, 0.2) is 0 Å². The number of hydrogen-bond donors (Lipinski definition) is 1. The lowest BCUT2D eigenvalue weighted by Gasteiger charge is -2.33. The number of halogens is 3. The molecule has 1 N–H and O–H groups in total. The largest absolute Gasteiger partial charge is 0.402 e. The maximum absolute atomic E-state index is 13.0. The Balaban J connectivity index is 1.46. The van der Waals surface area contributed by atoms with Gasteiger partial charge in [-0.1, -0.05) is 23.5 Å². The molecule has 1 aliphatic heterocycles. The van der Waals surface area contributed by atoms with Crippen LogP contribution in [0.25, 0.3) is 10.6 Å². The quantitative estimate of drug-likeness (QED) is 0.722. The summed E-state index contributed by atoms with van der Waals surface area (Å²) in [4.78, 5) is 6.54. The molecule has 1 spiro atoms. The topological polar surface area (TPSA) is 65.5 Å². The third-order valence-electron chi connectivity index (χ3n) is 7.09. The maximum atomic E-state index is 13.0. The van der Waals surface area contributed by atoms with Gasteiger partial charge >= 0.3 is 6.18 Å². The fourth-order valence-electron chi connectivity index (χ4n) is 5.58. The van der Waals surface area contributed by atoms with Crippen LogP contribution >= 0.6 is 11.3 Å². The third-order valence-corrected chi connectivity index (χ3v) is 9.88. The van der Waals surface area contributed by atoms with Gasteiger partial charge in [0.25, 0.3) is 10.2 Å². The van der Waals surface area contributed by atoms with E-state index in [1.165, 1.54) is 0 Å². The second kappa shape index (κ2) is 7.41. The highest BCUT2D eigenvalue weighted by atomic mass is 32.2. The number of anilines is 1. The van der Waals surface area contributed by atoms with Crippen LogP contribution < -0.4 is 9.62 Å². The molecule has 174 valence electrons. The molecule has 2 bridgehead atoms. The molecule has 11 heteroatoms. The fourth-order valence-corrected chi connectivity index (χ4v) is 8.13. The molecule has 5 rings (SSSR count). The minimum Gasteiger partial charge on any atom is -0.368 e. The van der Waals surface area contributed by atoms with E-state index in [-0.39, 0.29) is 18.4 Å². The Morgan fingerprint density at radius 1 is 1.22 bits per heavy atom. The summed E-state index contributed by atoms with van der Waals surface area (Å²) in [6.07, 6.45) is 0.196. The predicted octanol–water partition coefficient (Wildman–Crippen LogP) is 3.45. The van der Waals surface area contributed by atoms with Crippen molar-refractivity contribution in [3.05, 3.63) is 35.5 Å². The van der Waals surface area contributed by atoms with Crippen molar-refractivity contribution in [3.63, 3.8) is 0 Å². The van der Waals surface area contributed by atoms with Gasteiger partial charge in [-0.2, -0.15) is 30.6 Å². The van der Waals surface area contributed by atoms with Crippen LogP contribution in [0.3, 0.4) is 0 Å². The van der Waals surface area contributed by atoms with E-state index in [9.17, 15) is 21.6 Å². The van der Waals surface area contributed by atoms with Crippen LogP contribution in [0.5, 0.6) is 0 Å². The molecule has 0 radical (unpaired) electrons. The Bertz CT molecular complexity index is 1150. The summed E-state index contributed by atoms with van der Waals surface area (Å²) in [5, 5.41) is 1.97. The maximum Gasteiger partial charge on any atom is 0.402 e. The number of aromatic nitrogens is 1. The summed E-state index contributed by atoms with van der Waals surface area (Å²) in [7, 11) is -0.229. The van der Waals surface area contributed by atoms with Crippen molar-refractivity contribution in [3.8, 4) is 10.6 Å². The first-order chi connectivity index (χ1) is 15.0. The Morgan fingerprint density at radius 2 is 1.91 bits per heavy atom. The normalized spacial score (nSPS) is 29.3. The summed E-state index contributed by atoms with van der Waals surface area (Å²) in [6.45, 7) is -1.57. The van der Waals surface area contributed by atoms with Gasteiger partial charge in [-0.3, -0.25) is 0 Å². The van der Waals surface area contributed by atoms with Gasteiger partial charge in [-0.05, 0) is 54.7 Å². The van der Waals surface area contributed by atoms with E-state index < -0.39 is 28.5 Å². The number of alkyl halides is 3. The van der Waals surface area contributed by atoms with E-state index in [1.54, 1.807) is 11.3 Å². The highest BCUT2D eigenvalue weighted by Gasteiger charge is 2.60. The molecule has 1 aromatic carbocycles. The summed E-state index contributed by atoms with van der Waals surface area (Å²) in [5.74, 6) is -0.0570. The van der Waals surface area contributed by atoms with Crippen molar-refractivity contribution in [2.75, 3.05) is 32.1 Å². The number of nitrogens with one attached hydrogen (secondary N) is 1. The number of rotatable bonds is 3. The van der Waals surface area contributed by atoms with Crippen molar-refractivity contribution in [2.45, 2.75) is 37.4 Å². The lowest BCUT2D eigenvalue weighted by atomic mass is 9.79. The van der Waals surface area contributed by atoms with Crippen molar-refractivity contribution < 1.29 is 21.6 Å². The van der Waals surface area contributed by atoms with E-state index >= 15 is 0 Å². The average molecular weight is 487 g/mol. The van der Waals surface area contributed by atoms with Crippen molar-refractivity contribution in [1.82, 2.24) is 14.0 Å². The molecule has 3 aliphatic rings. The second-order valence-corrected chi connectivity index (χ2v) is 12.0. The molecule has 3 atom stereocenters. The molecule has 0 amide bonds. The molecule has 0 unspecified atom stereocenters. The van der Waals surface area contributed by atoms with Crippen LogP contribution in [-0.2, 0) is 23.1 Å². The molecule has 32 heavy (non-hydrogen) atoms. The minimum absolute atomic E-state index is 0.0205. The number of hydrogen-bond acceptors (Lipinski definition) is 5. The van der Waals surface area contributed by atoms with Gasteiger partial charge < -0.3 is 4.90 Å². The fraction of sp³-hybridized carbons (Fsp3) is 0.571. The number of fused-ring (bicyclic) bond motifs is 1. The molecule has 2 aromatic rings. The first-order valence-corrected chi connectivity index (χ1v) is 12.8. The van der Waals surface area contributed by atoms with Gasteiger partial charge in [0, 0.05) is 26.2 Å². The van der Waals surface area contributed by atoms with Crippen molar-refractivity contribution in [2.24, 2.45) is 11.8 Å². The zero-order chi connectivity index (χ0) is 22.9. The van der Waals surface area contributed by atoms with Crippen LogP contribution in [-0.4, -0.2) is 56.6 Å². The van der Waals surface area contributed by atoms with Crippen LogP contribution in [0.15, 0.2) is 24.4 Å². The van der Waals surface area contributed by atoms with Gasteiger partial charge in [0.05, 0.1) is 11.7 Å². The van der Waals surface area contributed by atoms with Gasteiger partial charge in [0.1, 0.15) is 16.6 Å². The summed E-state index contributed by atoms with van der Waals surface area (Å²) < 4.78 is 67.6. The molecule has 2 aliphatic carbocycles. The van der Waals surface area contributed by atoms with Crippen LogP contribution in [0.2, 0.25) is 0 Å². The second-order valence-electron chi connectivity index (χ2n) is 9.29. The minimum atomic E-state index is -4.57. The summed E-state index contributed by atoms with van der Waals surface area (Å²) >= 11 is 1.60. The lowest BCUT2D eigenvalue weighted by Crippen LogP contribution is -2.52. The Labute approximate surface area is 189 Å². The number of thiazole rings is 1. The van der Waals surface area contributed by atoms with Crippen LogP contribution in [0.4, 0.5) is 18.2 Å². The van der Waals surface area contributed by atoms with Crippen LogP contribution in [0, 0.1) is 11.8 Å². The van der Waals surface area contributed by atoms with E-state index in [1.807, 2.05) is 31.3 Å². The smallest absolute Gasteiger partial charge is 0.368 e. The molecule has 2 heterocycles. The number of benzene rings is 1. The zero-order valence-electron chi connectivity index (χ0n) is 17.8. The number of nitrogens with zero attached hydrogens (tertiary/aromatic N) is 3. The van der Waals surface area contributed by atoms with Gasteiger partial charge in [-0.15, -0.1) is 0 Å². The highest BCUT2D eigenvalue weighted by Crippen LogP contribution is 2.51. The molecule has 1 saturated carbocycles. The van der Waals surface area contributed by atoms with Crippen molar-refractivity contribution in [1.29, 1.82) is 0 Å². The predicted molar refractivity (Wildman–Crippen MR) is 118 cm³/mol. The molecular formula is C21H25F3N4O2S2. The summed E-state index contributed by atoms with van der Waals surface area (Å²) in [5.41, 5.74) is 2.46. The summed E-state index contributed by atoms with van der Waals surface area (Å²) in [6, 6.07) is 6.24. The van der Waals surface area contributed by atoms with E-state index in [0.717, 1.165) is 39.5 Å². The Kier molecular flexibility index (Phi) is 5.12. The molecular weight excluding hydrogens is 461 g/mol. The molecule has 1 aromatic heterocycles. The lowest BCUT2D eigenvalue weighted by molar-refractivity contribution is -0.136. The molecule has 6 nitrogen and oxygen atoms in total. The molecule has 2 fully saturated rings. The Hall–Kier alpha value is -1.69. The molecule has 1 saturated heterocycles. The zero-order valence-corrected chi connectivity index (χ0v) is 19.4. The SMILES string of the molecule is CN(C)c1cnc(-c2ccc3c(c2)C[C@H]2CC[C@@H](C3)[C@]23CN(CC(F)(F)F)S(=O)(=O)N3)s1.